The Balaban J connectivity index is 0.000000640. The molecule has 148 valence electrons. The normalized spacial score (nSPS) is 11.2. The van der Waals surface area contributed by atoms with E-state index >= 15 is 0 Å². The predicted octanol–water partition coefficient (Wildman–Crippen LogP) is 5.47. The molecule has 1 unspecified atom stereocenters. The van der Waals surface area contributed by atoms with E-state index in [1.165, 1.54) is 0 Å². The summed E-state index contributed by atoms with van der Waals surface area (Å²) in [7, 11) is 0. The van der Waals surface area contributed by atoms with Crippen molar-refractivity contribution in [1.82, 2.24) is 9.55 Å². The number of nitrogens with zero attached hydrogens (tertiary/aromatic N) is 3. The van der Waals surface area contributed by atoms with Gasteiger partial charge in [-0.2, -0.15) is 0 Å². The number of ether oxygens (including phenoxy) is 1. The molecule has 3 aromatic rings. The highest BCUT2D eigenvalue weighted by Gasteiger charge is 2.17. The van der Waals surface area contributed by atoms with Crippen LogP contribution in [0.3, 0.4) is 0 Å². The van der Waals surface area contributed by atoms with Crippen molar-refractivity contribution in [1.29, 1.82) is 0 Å². The Bertz CT molecular complexity index is 888. The van der Waals surface area contributed by atoms with Gasteiger partial charge in [0.15, 0.2) is 0 Å². The summed E-state index contributed by atoms with van der Waals surface area (Å²) in [6.07, 6.45) is 5.48. The van der Waals surface area contributed by atoms with Gasteiger partial charge in [0.2, 0.25) is 0 Å². The maximum absolute atomic E-state index is 8.36. The summed E-state index contributed by atoms with van der Waals surface area (Å²) in [6, 6.07) is 13.3. The minimum absolute atomic E-state index is 0.0765. The van der Waals surface area contributed by atoms with Crippen LogP contribution in [0, 0.1) is 10.1 Å². The molecule has 0 aliphatic carbocycles. The average Bonchev–Trinajstić information content (AvgIpc) is 3.13. The van der Waals surface area contributed by atoms with Gasteiger partial charge in [-0.3, -0.25) is 0 Å². The number of benzene rings is 2. The molecule has 28 heavy (non-hydrogen) atoms. The van der Waals surface area contributed by atoms with Crippen molar-refractivity contribution in [2.45, 2.75) is 12.5 Å². The van der Waals surface area contributed by atoms with E-state index in [2.05, 4.69) is 20.9 Å². The van der Waals surface area contributed by atoms with Crippen LogP contribution in [0.2, 0.25) is 10.0 Å². The lowest BCUT2D eigenvalue weighted by molar-refractivity contribution is -0.742. The van der Waals surface area contributed by atoms with Crippen LogP contribution in [0.25, 0.3) is 0 Å². The Hall–Kier alpha value is -2.29. The van der Waals surface area contributed by atoms with E-state index in [1.54, 1.807) is 18.6 Å². The average molecular weight is 489 g/mol. The molecule has 0 radical (unpaired) electrons. The molecule has 0 saturated heterocycles. The van der Waals surface area contributed by atoms with Gasteiger partial charge in [-0.25, -0.2) is 4.98 Å². The summed E-state index contributed by atoms with van der Waals surface area (Å²) in [5.41, 5.74) is 1.01. The molecule has 7 nitrogen and oxygen atoms in total. The Kier molecular flexibility index (Phi) is 8.56. The summed E-state index contributed by atoms with van der Waals surface area (Å²) in [5, 5.41) is 14.9. The Morgan fingerprint density at radius 1 is 1.25 bits per heavy atom. The topological polar surface area (TPSA) is 90.4 Å². The van der Waals surface area contributed by atoms with Crippen molar-refractivity contribution >= 4 is 39.1 Å². The molecular weight excluding hydrogens is 473 g/mol. The molecule has 1 aromatic heterocycles. The number of halogens is 3. The smallest absolute Gasteiger partial charge is 0.291 e. The van der Waals surface area contributed by atoms with E-state index in [4.69, 9.17) is 43.3 Å². The first-order chi connectivity index (χ1) is 13.3. The van der Waals surface area contributed by atoms with Gasteiger partial charge in [0.1, 0.15) is 5.75 Å². The van der Waals surface area contributed by atoms with Crippen LogP contribution in [0.4, 0.5) is 0 Å². The van der Waals surface area contributed by atoms with E-state index in [0.717, 1.165) is 22.3 Å². The molecule has 0 fully saturated rings. The van der Waals surface area contributed by atoms with Gasteiger partial charge in [-0.15, -0.1) is 10.1 Å². The molecule has 0 saturated carbocycles. The largest absolute Gasteiger partial charge is 0.493 e. The molecule has 0 aliphatic heterocycles. The highest BCUT2D eigenvalue weighted by Crippen LogP contribution is 2.29. The molecule has 0 spiro atoms. The van der Waals surface area contributed by atoms with E-state index in [0.29, 0.717) is 16.7 Å². The number of aromatic nitrogens is 2. The molecular formula is C18H16BrCl2N3O4. The number of imidazole rings is 1. The standard InChI is InChI=1S/C18H15BrCl2N2O.HNO3/c19-14-1-4-16(5-2-14)24-11-13(10-23-8-7-22-12-23)17-6-3-15(20)9-18(17)21;2-1(3)4/h1-9,12-13H,10-11H2;(H,2,3,4). The van der Waals surface area contributed by atoms with Gasteiger partial charge in [0.25, 0.3) is 5.09 Å². The monoisotopic (exact) mass is 487 g/mol. The van der Waals surface area contributed by atoms with Gasteiger partial charge in [-0.05, 0) is 42.0 Å². The highest BCUT2D eigenvalue weighted by molar-refractivity contribution is 9.10. The van der Waals surface area contributed by atoms with Crippen LogP contribution in [0.1, 0.15) is 11.5 Å². The minimum atomic E-state index is -1.50. The van der Waals surface area contributed by atoms with Crippen LogP contribution in [-0.4, -0.2) is 26.5 Å². The summed E-state index contributed by atoms with van der Waals surface area (Å²) in [5.74, 6) is 0.895. The number of hydrogen-bond acceptors (Lipinski definition) is 4. The van der Waals surface area contributed by atoms with Gasteiger partial charge in [0.05, 0.1) is 12.9 Å². The fraction of sp³-hybridized carbons (Fsp3) is 0.167. The molecule has 2 aromatic carbocycles. The van der Waals surface area contributed by atoms with Gasteiger partial charge in [-0.1, -0.05) is 45.2 Å². The fourth-order valence-electron chi connectivity index (χ4n) is 2.45. The summed E-state index contributed by atoms with van der Waals surface area (Å²) in [6.45, 7) is 1.22. The lowest BCUT2D eigenvalue weighted by Gasteiger charge is -2.20. The molecule has 1 heterocycles. The van der Waals surface area contributed by atoms with Gasteiger partial charge in [0, 0.05) is 39.4 Å². The van der Waals surface area contributed by atoms with Crippen molar-refractivity contribution in [2.24, 2.45) is 0 Å². The van der Waals surface area contributed by atoms with E-state index in [-0.39, 0.29) is 5.92 Å². The van der Waals surface area contributed by atoms with Crippen LogP contribution in [-0.2, 0) is 6.54 Å². The fourth-order valence-corrected chi connectivity index (χ4v) is 3.28. The van der Waals surface area contributed by atoms with E-state index < -0.39 is 5.09 Å². The second-order valence-electron chi connectivity index (χ2n) is 5.62. The van der Waals surface area contributed by atoms with Crippen LogP contribution in [0.15, 0.2) is 65.7 Å². The summed E-state index contributed by atoms with van der Waals surface area (Å²) >= 11 is 15.8. The van der Waals surface area contributed by atoms with Crippen LogP contribution >= 0.6 is 39.1 Å². The molecule has 0 amide bonds. The molecule has 1 N–H and O–H groups in total. The Labute approximate surface area is 179 Å². The third kappa shape index (κ3) is 7.38. The molecule has 0 aliphatic rings. The van der Waals surface area contributed by atoms with Crippen molar-refractivity contribution in [3.8, 4) is 5.75 Å². The lowest BCUT2D eigenvalue weighted by Crippen LogP contribution is -2.16. The first-order valence-corrected chi connectivity index (χ1v) is 9.52. The first kappa shape index (κ1) is 22.0. The third-order valence-electron chi connectivity index (χ3n) is 3.66. The second kappa shape index (κ2) is 10.9. The quantitative estimate of drug-likeness (QED) is 0.367. The number of rotatable bonds is 6. The van der Waals surface area contributed by atoms with Crippen molar-refractivity contribution in [3.63, 3.8) is 0 Å². The SMILES string of the molecule is Clc1ccc(C(COc2ccc(Br)cc2)Cn2ccnc2)c(Cl)c1.O=[N+]([O-])O. The zero-order valence-corrected chi connectivity index (χ0v) is 17.5. The van der Waals surface area contributed by atoms with E-state index in [9.17, 15) is 0 Å². The van der Waals surface area contributed by atoms with Gasteiger partial charge < -0.3 is 14.5 Å². The summed E-state index contributed by atoms with van der Waals surface area (Å²) < 4.78 is 9.00. The first-order valence-electron chi connectivity index (χ1n) is 7.97. The Morgan fingerprint density at radius 2 is 1.93 bits per heavy atom. The van der Waals surface area contributed by atoms with Gasteiger partial charge >= 0.3 is 0 Å². The van der Waals surface area contributed by atoms with E-state index in [1.807, 2.05) is 47.2 Å². The molecule has 1 atom stereocenters. The second-order valence-corrected chi connectivity index (χ2v) is 7.38. The summed E-state index contributed by atoms with van der Waals surface area (Å²) in [4.78, 5) is 12.5. The van der Waals surface area contributed by atoms with Crippen LogP contribution in [0.5, 0.6) is 5.75 Å². The predicted molar refractivity (Wildman–Crippen MR) is 110 cm³/mol. The maximum Gasteiger partial charge on any atom is 0.291 e. The third-order valence-corrected chi connectivity index (χ3v) is 4.75. The molecule has 0 bridgehead atoms. The zero-order valence-electron chi connectivity index (χ0n) is 14.4. The molecule has 10 heteroatoms. The molecule has 3 rings (SSSR count). The maximum atomic E-state index is 8.36. The number of hydrogen-bond donors (Lipinski definition) is 1. The Morgan fingerprint density at radius 3 is 2.50 bits per heavy atom. The van der Waals surface area contributed by atoms with Crippen molar-refractivity contribution < 1.29 is 15.0 Å². The highest BCUT2D eigenvalue weighted by atomic mass is 79.9. The van der Waals surface area contributed by atoms with Crippen LogP contribution < -0.4 is 4.74 Å². The van der Waals surface area contributed by atoms with Crippen molar-refractivity contribution in [2.75, 3.05) is 6.61 Å². The minimum Gasteiger partial charge on any atom is -0.493 e. The van der Waals surface area contributed by atoms with Crippen molar-refractivity contribution in [3.05, 3.63) is 91.4 Å². The lowest BCUT2D eigenvalue weighted by atomic mass is 9.99. The zero-order chi connectivity index (χ0) is 20.5.